The highest BCUT2D eigenvalue weighted by Crippen LogP contribution is 2.00. The maximum absolute atomic E-state index is 11.5. The third-order valence-electron chi connectivity index (χ3n) is 1.90. The number of rotatable bonds is 7. The summed E-state index contributed by atoms with van der Waals surface area (Å²) in [5, 5.41) is 5.63. The molecule has 1 rings (SSSR count). The van der Waals surface area contributed by atoms with Crippen LogP contribution < -0.4 is 10.6 Å². The minimum Gasteiger partial charge on any atom is -0.383 e. The Morgan fingerprint density at radius 3 is 2.94 bits per heavy atom. The van der Waals surface area contributed by atoms with Gasteiger partial charge in [-0.1, -0.05) is 6.08 Å². The summed E-state index contributed by atoms with van der Waals surface area (Å²) in [6, 6.07) is 0. The SMILES string of the molecule is C=CCNc1cnc(C(=O)NCCOC)cn1. The topological polar surface area (TPSA) is 76.1 Å². The normalized spacial score (nSPS) is 9.71. The quantitative estimate of drug-likeness (QED) is 0.531. The monoisotopic (exact) mass is 236 g/mol. The van der Waals surface area contributed by atoms with Crippen molar-refractivity contribution in [3.63, 3.8) is 0 Å². The molecule has 0 radical (unpaired) electrons. The molecule has 0 saturated carbocycles. The van der Waals surface area contributed by atoms with Crippen molar-refractivity contribution in [3.8, 4) is 0 Å². The van der Waals surface area contributed by atoms with Gasteiger partial charge in [0.25, 0.3) is 5.91 Å². The Balaban J connectivity index is 2.48. The third-order valence-corrected chi connectivity index (χ3v) is 1.90. The Kier molecular flexibility index (Phi) is 5.67. The lowest BCUT2D eigenvalue weighted by atomic mass is 10.4. The van der Waals surface area contributed by atoms with Crippen molar-refractivity contribution in [3.05, 3.63) is 30.7 Å². The van der Waals surface area contributed by atoms with Crippen molar-refractivity contribution in [2.75, 3.05) is 32.1 Å². The first-order valence-electron chi connectivity index (χ1n) is 5.22. The van der Waals surface area contributed by atoms with Gasteiger partial charge in [0.2, 0.25) is 0 Å². The fourth-order valence-electron chi connectivity index (χ4n) is 1.07. The van der Waals surface area contributed by atoms with Gasteiger partial charge in [-0.25, -0.2) is 9.97 Å². The molecule has 0 aliphatic carbocycles. The highest BCUT2D eigenvalue weighted by atomic mass is 16.5. The van der Waals surface area contributed by atoms with Crippen LogP contribution in [0.3, 0.4) is 0 Å². The van der Waals surface area contributed by atoms with Crippen LogP contribution in [0, 0.1) is 0 Å². The molecule has 0 unspecified atom stereocenters. The van der Waals surface area contributed by atoms with Crippen molar-refractivity contribution in [2.45, 2.75) is 0 Å². The molecule has 0 bridgehead atoms. The molecule has 0 aliphatic rings. The van der Waals surface area contributed by atoms with E-state index in [1.807, 2.05) is 0 Å². The average Bonchev–Trinajstić information content (AvgIpc) is 2.37. The Bertz CT molecular complexity index is 364. The van der Waals surface area contributed by atoms with E-state index in [9.17, 15) is 4.79 Å². The second-order valence-corrected chi connectivity index (χ2v) is 3.21. The first kappa shape index (κ1) is 13.1. The van der Waals surface area contributed by atoms with Crippen LogP contribution >= 0.6 is 0 Å². The summed E-state index contributed by atoms with van der Waals surface area (Å²) in [5.74, 6) is 0.350. The molecule has 0 aliphatic heterocycles. The van der Waals surface area contributed by atoms with E-state index in [1.54, 1.807) is 13.2 Å². The van der Waals surface area contributed by atoms with Crippen LogP contribution in [0.5, 0.6) is 0 Å². The molecule has 92 valence electrons. The Labute approximate surface area is 100 Å². The van der Waals surface area contributed by atoms with E-state index in [4.69, 9.17) is 4.74 Å². The second kappa shape index (κ2) is 7.34. The molecule has 0 saturated heterocycles. The Morgan fingerprint density at radius 1 is 1.53 bits per heavy atom. The van der Waals surface area contributed by atoms with Gasteiger partial charge in [-0.15, -0.1) is 6.58 Å². The van der Waals surface area contributed by atoms with Crippen LogP contribution in [-0.4, -0.2) is 42.7 Å². The highest BCUT2D eigenvalue weighted by Gasteiger charge is 2.06. The van der Waals surface area contributed by atoms with Crippen molar-refractivity contribution in [1.29, 1.82) is 0 Å². The molecular formula is C11H16N4O2. The zero-order valence-corrected chi connectivity index (χ0v) is 9.77. The summed E-state index contributed by atoms with van der Waals surface area (Å²) in [6.07, 6.45) is 4.65. The number of amides is 1. The molecule has 0 aromatic carbocycles. The number of ether oxygens (including phenoxy) is 1. The zero-order valence-electron chi connectivity index (χ0n) is 9.77. The maximum atomic E-state index is 11.5. The van der Waals surface area contributed by atoms with E-state index in [0.29, 0.717) is 25.5 Å². The van der Waals surface area contributed by atoms with Crippen LogP contribution in [0.2, 0.25) is 0 Å². The number of hydrogen-bond donors (Lipinski definition) is 2. The van der Waals surface area contributed by atoms with E-state index in [1.165, 1.54) is 12.4 Å². The molecule has 1 aromatic heterocycles. The summed E-state index contributed by atoms with van der Waals surface area (Å²) < 4.78 is 4.82. The number of aromatic nitrogens is 2. The van der Waals surface area contributed by atoms with Gasteiger partial charge in [0.1, 0.15) is 11.5 Å². The number of carbonyl (C=O) groups is 1. The van der Waals surface area contributed by atoms with Gasteiger partial charge in [-0.2, -0.15) is 0 Å². The van der Waals surface area contributed by atoms with Gasteiger partial charge in [-0.3, -0.25) is 4.79 Å². The molecule has 17 heavy (non-hydrogen) atoms. The van der Waals surface area contributed by atoms with E-state index in [0.717, 1.165) is 0 Å². The number of hydrogen-bond acceptors (Lipinski definition) is 5. The first-order valence-corrected chi connectivity index (χ1v) is 5.22. The standard InChI is InChI=1S/C11H16N4O2/c1-3-4-12-10-8-14-9(7-15-10)11(16)13-5-6-17-2/h3,7-8H,1,4-6H2,2H3,(H,12,15)(H,13,16). The first-order chi connectivity index (χ1) is 8.27. The van der Waals surface area contributed by atoms with Crippen LogP contribution in [-0.2, 0) is 4.74 Å². The van der Waals surface area contributed by atoms with E-state index in [-0.39, 0.29) is 11.6 Å². The molecule has 0 spiro atoms. The molecule has 0 atom stereocenters. The minimum atomic E-state index is -0.259. The van der Waals surface area contributed by atoms with Crippen molar-refractivity contribution >= 4 is 11.7 Å². The Morgan fingerprint density at radius 2 is 2.35 bits per heavy atom. The molecule has 1 heterocycles. The number of nitrogens with zero attached hydrogens (tertiary/aromatic N) is 2. The molecule has 0 fully saturated rings. The largest absolute Gasteiger partial charge is 0.383 e. The predicted molar refractivity (Wildman–Crippen MR) is 64.9 cm³/mol. The number of anilines is 1. The van der Waals surface area contributed by atoms with Crippen LogP contribution in [0.1, 0.15) is 10.5 Å². The van der Waals surface area contributed by atoms with Gasteiger partial charge in [0.15, 0.2) is 0 Å². The lowest BCUT2D eigenvalue weighted by Crippen LogP contribution is -2.27. The van der Waals surface area contributed by atoms with Crippen LogP contribution in [0.4, 0.5) is 5.82 Å². The van der Waals surface area contributed by atoms with Gasteiger partial charge in [0.05, 0.1) is 19.0 Å². The van der Waals surface area contributed by atoms with E-state index in [2.05, 4.69) is 27.2 Å². The highest BCUT2D eigenvalue weighted by molar-refractivity contribution is 5.91. The fraction of sp³-hybridized carbons (Fsp3) is 0.364. The van der Waals surface area contributed by atoms with Crippen LogP contribution in [0.25, 0.3) is 0 Å². The molecule has 2 N–H and O–H groups in total. The summed E-state index contributed by atoms with van der Waals surface area (Å²) in [6.45, 7) is 5.10. The third kappa shape index (κ3) is 4.60. The average molecular weight is 236 g/mol. The van der Waals surface area contributed by atoms with Crippen molar-refractivity contribution < 1.29 is 9.53 Å². The summed E-state index contributed by atoms with van der Waals surface area (Å²) in [7, 11) is 1.58. The lowest BCUT2D eigenvalue weighted by molar-refractivity contribution is 0.0932. The van der Waals surface area contributed by atoms with Gasteiger partial charge >= 0.3 is 0 Å². The summed E-state index contributed by atoms with van der Waals surface area (Å²) >= 11 is 0. The van der Waals surface area contributed by atoms with Crippen LogP contribution in [0.15, 0.2) is 25.0 Å². The summed E-state index contributed by atoms with van der Waals surface area (Å²) in [4.78, 5) is 19.6. The van der Waals surface area contributed by atoms with E-state index >= 15 is 0 Å². The molecule has 6 nitrogen and oxygen atoms in total. The number of nitrogens with one attached hydrogen (secondary N) is 2. The van der Waals surface area contributed by atoms with Gasteiger partial charge < -0.3 is 15.4 Å². The minimum absolute atomic E-state index is 0.259. The number of methoxy groups -OCH3 is 1. The van der Waals surface area contributed by atoms with Crippen molar-refractivity contribution in [2.24, 2.45) is 0 Å². The van der Waals surface area contributed by atoms with Gasteiger partial charge in [0, 0.05) is 20.2 Å². The molecule has 1 aromatic rings. The van der Waals surface area contributed by atoms with Crippen molar-refractivity contribution in [1.82, 2.24) is 15.3 Å². The maximum Gasteiger partial charge on any atom is 0.271 e. The van der Waals surface area contributed by atoms with E-state index < -0.39 is 0 Å². The molecule has 1 amide bonds. The smallest absolute Gasteiger partial charge is 0.271 e. The van der Waals surface area contributed by atoms with Gasteiger partial charge in [-0.05, 0) is 0 Å². The number of carbonyl (C=O) groups excluding carboxylic acids is 1. The predicted octanol–water partition coefficient (Wildman–Crippen LogP) is 0.451. The molecule has 6 heteroatoms. The molecular weight excluding hydrogens is 220 g/mol. The fourth-order valence-corrected chi connectivity index (χ4v) is 1.07. The summed E-state index contributed by atoms with van der Waals surface area (Å²) in [5.41, 5.74) is 0.283. The zero-order chi connectivity index (χ0) is 12.5. The second-order valence-electron chi connectivity index (χ2n) is 3.21. The lowest BCUT2D eigenvalue weighted by Gasteiger charge is -2.05. The Hall–Kier alpha value is -1.95.